The first-order valence-corrected chi connectivity index (χ1v) is 15.0. The van der Waals surface area contributed by atoms with Gasteiger partial charge in [0.15, 0.2) is 0 Å². The lowest BCUT2D eigenvalue weighted by Crippen LogP contribution is -2.26. The van der Waals surface area contributed by atoms with Gasteiger partial charge in [0, 0.05) is 5.92 Å². The highest BCUT2D eigenvalue weighted by atomic mass is 14.4. The number of benzene rings is 2. The van der Waals surface area contributed by atoms with E-state index in [9.17, 15) is 0 Å². The van der Waals surface area contributed by atoms with Gasteiger partial charge in [-0.3, -0.25) is 0 Å². The Hall–Kier alpha value is -2.60. The Bertz CT molecular complexity index is 1310. The first kappa shape index (κ1) is 27.0. The second-order valence-electron chi connectivity index (χ2n) is 13.6. The van der Waals surface area contributed by atoms with E-state index >= 15 is 0 Å². The summed E-state index contributed by atoms with van der Waals surface area (Å²) in [7, 11) is 0. The molecule has 0 aliphatic heterocycles. The maximum atomic E-state index is 4.60. The fourth-order valence-corrected chi connectivity index (χ4v) is 7.56. The fourth-order valence-electron chi connectivity index (χ4n) is 7.56. The van der Waals surface area contributed by atoms with E-state index in [0.717, 1.165) is 18.8 Å². The molecule has 2 unspecified atom stereocenters. The molecule has 1 saturated carbocycles. The molecule has 0 aromatic heterocycles. The molecule has 0 nitrogen and oxygen atoms in total. The molecule has 200 valence electrons. The minimum Gasteiger partial charge on any atom is -0.0986 e. The fraction of sp³-hybridized carbons (Fsp3) is 0.474. The van der Waals surface area contributed by atoms with Crippen LogP contribution in [0.3, 0.4) is 0 Å². The van der Waals surface area contributed by atoms with Crippen LogP contribution in [0.25, 0.3) is 17.2 Å². The highest BCUT2D eigenvalue weighted by molar-refractivity contribution is 5.80. The Morgan fingerprint density at radius 1 is 0.895 bits per heavy atom. The average molecular weight is 505 g/mol. The Morgan fingerprint density at radius 2 is 1.63 bits per heavy atom. The largest absolute Gasteiger partial charge is 0.0986 e. The van der Waals surface area contributed by atoms with Crippen molar-refractivity contribution >= 4 is 6.08 Å². The lowest BCUT2D eigenvalue weighted by Gasteiger charge is -2.38. The van der Waals surface area contributed by atoms with Crippen molar-refractivity contribution in [3.05, 3.63) is 99.7 Å². The summed E-state index contributed by atoms with van der Waals surface area (Å²) in [4.78, 5) is 0. The van der Waals surface area contributed by atoms with Crippen LogP contribution in [0.4, 0.5) is 0 Å². The van der Waals surface area contributed by atoms with Gasteiger partial charge < -0.3 is 0 Å². The maximum Gasteiger partial charge on any atom is 0.00828 e. The normalized spacial score (nSPS) is 22.4. The standard InChI is InChI=1S/C38H48/c1-24-17-25(2)34(21-29-13-10-9-11-14-29)36(18-24)32-16-12-15-31-20-30(23-35(31)32)22-33-26(3)19-37(38(6,7)8)28(5)27(33)4/h12,15-20,28-29,33H,3-4,9-11,13-14,21-23H2,1-2,5-8H3. The number of hydrogen-bond acceptors (Lipinski definition) is 0. The van der Waals surface area contributed by atoms with Crippen LogP contribution in [0.5, 0.6) is 0 Å². The van der Waals surface area contributed by atoms with Crippen LogP contribution >= 0.6 is 0 Å². The quantitative estimate of drug-likeness (QED) is 0.355. The highest BCUT2D eigenvalue weighted by Gasteiger charge is 2.33. The summed E-state index contributed by atoms with van der Waals surface area (Å²) >= 11 is 0. The lowest BCUT2D eigenvalue weighted by molar-refractivity contribution is 0.356. The molecule has 3 aliphatic rings. The van der Waals surface area contributed by atoms with E-state index in [2.05, 4.69) is 97.2 Å². The molecule has 0 radical (unpaired) electrons. The zero-order chi connectivity index (χ0) is 27.2. The summed E-state index contributed by atoms with van der Waals surface area (Å²) in [6, 6.07) is 11.8. The van der Waals surface area contributed by atoms with Gasteiger partial charge >= 0.3 is 0 Å². The third-order valence-electron chi connectivity index (χ3n) is 9.69. The number of fused-ring (bicyclic) bond motifs is 1. The molecule has 3 aliphatic carbocycles. The van der Waals surface area contributed by atoms with Gasteiger partial charge in [-0.2, -0.15) is 0 Å². The molecule has 2 aromatic carbocycles. The van der Waals surface area contributed by atoms with Crippen molar-refractivity contribution in [1.82, 2.24) is 0 Å². The average Bonchev–Trinajstić information content (AvgIpc) is 3.28. The summed E-state index contributed by atoms with van der Waals surface area (Å²) in [6.07, 6.45) is 15.2. The Kier molecular flexibility index (Phi) is 7.47. The van der Waals surface area contributed by atoms with Gasteiger partial charge in [-0.05, 0) is 89.3 Å². The van der Waals surface area contributed by atoms with Gasteiger partial charge in [-0.1, -0.05) is 138 Å². The van der Waals surface area contributed by atoms with Crippen LogP contribution in [-0.4, -0.2) is 0 Å². The van der Waals surface area contributed by atoms with Crippen molar-refractivity contribution in [3.8, 4) is 11.1 Å². The van der Waals surface area contributed by atoms with E-state index in [1.54, 1.807) is 5.56 Å². The zero-order valence-corrected chi connectivity index (χ0v) is 24.8. The van der Waals surface area contributed by atoms with E-state index in [0.29, 0.717) is 11.8 Å². The minimum atomic E-state index is 0.148. The molecule has 38 heavy (non-hydrogen) atoms. The van der Waals surface area contributed by atoms with Crippen LogP contribution in [0.15, 0.2) is 71.9 Å². The summed E-state index contributed by atoms with van der Waals surface area (Å²) in [5.41, 5.74) is 16.0. The van der Waals surface area contributed by atoms with Gasteiger partial charge in [0.05, 0.1) is 0 Å². The molecule has 0 N–H and O–H groups in total. The maximum absolute atomic E-state index is 4.60. The van der Waals surface area contributed by atoms with Crippen molar-refractivity contribution in [2.24, 2.45) is 23.2 Å². The van der Waals surface area contributed by atoms with Gasteiger partial charge in [-0.15, -0.1) is 0 Å². The van der Waals surface area contributed by atoms with E-state index < -0.39 is 0 Å². The van der Waals surface area contributed by atoms with Crippen molar-refractivity contribution in [2.45, 2.75) is 92.9 Å². The SMILES string of the molecule is C=C1C=C(C(C)(C)C)C(C)C(=C)C1CC1=Cc2cccc(-c3cc(C)cc(C)c3CC3CCCCC3)c2C1. The van der Waals surface area contributed by atoms with E-state index in [1.807, 2.05) is 0 Å². The number of hydrogen-bond donors (Lipinski definition) is 0. The first-order chi connectivity index (χ1) is 18.0. The number of rotatable bonds is 5. The Morgan fingerprint density at radius 3 is 2.34 bits per heavy atom. The smallest absolute Gasteiger partial charge is 0.00828 e. The predicted molar refractivity (Wildman–Crippen MR) is 166 cm³/mol. The second-order valence-corrected chi connectivity index (χ2v) is 13.6. The summed E-state index contributed by atoms with van der Waals surface area (Å²) < 4.78 is 0. The van der Waals surface area contributed by atoms with Gasteiger partial charge in [0.2, 0.25) is 0 Å². The molecule has 2 aromatic rings. The van der Waals surface area contributed by atoms with Crippen molar-refractivity contribution < 1.29 is 0 Å². The molecule has 1 fully saturated rings. The molecule has 0 bridgehead atoms. The summed E-state index contributed by atoms with van der Waals surface area (Å²) in [6.45, 7) is 23.0. The van der Waals surface area contributed by atoms with Crippen LogP contribution in [0.1, 0.15) is 94.0 Å². The van der Waals surface area contributed by atoms with Crippen molar-refractivity contribution in [3.63, 3.8) is 0 Å². The number of allylic oxidation sites excluding steroid dienone is 5. The van der Waals surface area contributed by atoms with Crippen LogP contribution in [0, 0.1) is 37.0 Å². The van der Waals surface area contributed by atoms with Crippen molar-refractivity contribution in [1.29, 1.82) is 0 Å². The Balaban J connectivity index is 1.43. The third-order valence-corrected chi connectivity index (χ3v) is 9.69. The molecule has 2 atom stereocenters. The third kappa shape index (κ3) is 5.29. The lowest BCUT2D eigenvalue weighted by atomic mass is 9.67. The van der Waals surface area contributed by atoms with E-state index in [1.165, 1.54) is 94.2 Å². The van der Waals surface area contributed by atoms with Crippen molar-refractivity contribution in [2.75, 3.05) is 0 Å². The van der Waals surface area contributed by atoms with E-state index in [4.69, 9.17) is 0 Å². The van der Waals surface area contributed by atoms with Gasteiger partial charge in [-0.25, -0.2) is 0 Å². The molecule has 0 amide bonds. The van der Waals surface area contributed by atoms with E-state index in [-0.39, 0.29) is 5.41 Å². The second kappa shape index (κ2) is 10.5. The van der Waals surface area contributed by atoms with Gasteiger partial charge in [0.25, 0.3) is 0 Å². The molecular weight excluding hydrogens is 456 g/mol. The monoisotopic (exact) mass is 504 g/mol. The van der Waals surface area contributed by atoms with Crippen LogP contribution < -0.4 is 0 Å². The molecule has 0 heterocycles. The number of aryl methyl sites for hydroxylation is 2. The van der Waals surface area contributed by atoms with Crippen LogP contribution in [-0.2, 0) is 12.8 Å². The van der Waals surface area contributed by atoms with Gasteiger partial charge in [0.1, 0.15) is 0 Å². The molecule has 0 heteroatoms. The topological polar surface area (TPSA) is 0 Å². The summed E-state index contributed by atoms with van der Waals surface area (Å²) in [5, 5.41) is 0. The molecular formula is C38H48. The highest BCUT2D eigenvalue weighted by Crippen LogP contribution is 2.47. The molecule has 0 spiro atoms. The minimum absolute atomic E-state index is 0.148. The molecule has 0 saturated heterocycles. The first-order valence-electron chi connectivity index (χ1n) is 15.0. The molecule has 5 rings (SSSR count). The zero-order valence-electron chi connectivity index (χ0n) is 24.8. The van der Waals surface area contributed by atoms with Crippen LogP contribution in [0.2, 0.25) is 0 Å². The Labute approximate surface area is 232 Å². The summed E-state index contributed by atoms with van der Waals surface area (Å²) in [5.74, 6) is 1.58. The predicted octanol–water partition coefficient (Wildman–Crippen LogP) is 10.8.